The number of hydrogen-bond donors (Lipinski definition) is 2. The van der Waals surface area contributed by atoms with Crippen LogP contribution in [0.15, 0.2) is 47.5 Å². The number of nitrogens with zero attached hydrogens (tertiary/aromatic N) is 2. The average molecular weight is 427 g/mol. The van der Waals surface area contributed by atoms with E-state index in [-0.39, 0.29) is 12.2 Å². The van der Waals surface area contributed by atoms with E-state index >= 15 is 0 Å². The second kappa shape index (κ2) is 11.0. The minimum Gasteiger partial charge on any atom is -0.493 e. The Labute approximate surface area is 185 Å². The van der Waals surface area contributed by atoms with Crippen molar-refractivity contribution in [1.29, 1.82) is 0 Å². The van der Waals surface area contributed by atoms with E-state index in [9.17, 15) is 0 Å². The van der Waals surface area contributed by atoms with Gasteiger partial charge in [-0.05, 0) is 42.7 Å². The smallest absolute Gasteiger partial charge is 0.189 e. The second-order valence-corrected chi connectivity index (χ2v) is 7.96. The third kappa shape index (κ3) is 6.60. The van der Waals surface area contributed by atoms with Crippen LogP contribution in [0.3, 0.4) is 0 Å². The number of methoxy groups -OCH3 is 2. The average Bonchev–Trinajstić information content (AvgIpc) is 2.76. The molecule has 7 heteroatoms. The number of benzene rings is 2. The van der Waals surface area contributed by atoms with Crippen LogP contribution in [0, 0.1) is 0 Å². The zero-order valence-electron chi connectivity index (χ0n) is 18.9. The SMILES string of the molecule is COc1ccc(CN=C(N)NCc2ccccc2CN2CC(C)OC(C)C2)cc1OC. The Kier molecular flexibility index (Phi) is 8.14. The van der Waals surface area contributed by atoms with Gasteiger partial charge in [0.1, 0.15) is 0 Å². The van der Waals surface area contributed by atoms with Gasteiger partial charge in [0.05, 0.1) is 33.0 Å². The molecule has 0 radical (unpaired) electrons. The largest absolute Gasteiger partial charge is 0.493 e. The minimum absolute atomic E-state index is 0.258. The lowest BCUT2D eigenvalue weighted by atomic mass is 10.1. The Morgan fingerprint density at radius 1 is 1.06 bits per heavy atom. The van der Waals surface area contributed by atoms with E-state index in [1.807, 2.05) is 18.2 Å². The highest BCUT2D eigenvalue weighted by molar-refractivity contribution is 5.77. The summed E-state index contributed by atoms with van der Waals surface area (Å²) in [6.07, 6.45) is 0.516. The molecule has 0 saturated carbocycles. The molecule has 0 aromatic heterocycles. The highest BCUT2D eigenvalue weighted by Crippen LogP contribution is 2.27. The first kappa shape index (κ1) is 22.9. The van der Waals surface area contributed by atoms with Crippen molar-refractivity contribution in [2.45, 2.75) is 45.7 Å². The molecule has 1 saturated heterocycles. The molecule has 1 heterocycles. The van der Waals surface area contributed by atoms with E-state index in [0.29, 0.717) is 30.5 Å². The molecule has 1 aliphatic heterocycles. The van der Waals surface area contributed by atoms with E-state index in [1.165, 1.54) is 11.1 Å². The molecule has 2 atom stereocenters. The zero-order chi connectivity index (χ0) is 22.2. The Balaban J connectivity index is 1.58. The van der Waals surface area contributed by atoms with Gasteiger partial charge in [-0.3, -0.25) is 4.90 Å². The number of aliphatic imine (C=N–C) groups is 1. The molecule has 2 unspecified atom stereocenters. The van der Waals surface area contributed by atoms with Crippen molar-refractivity contribution in [2.24, 2.45) is 10.7 Å². The molecule has 168 valence electrons. The molecular weight excluding hydrogens is 392 g/mol. The summed E-state index contributed by atoms with van der Waals surface area (Å²) >= 11 is 0. The fourth-order valence-electron chi connectivity index (χ4n) is 3.94. The summed E-state index contributed by atoms with van der Waals surface area (Å²) < 4.78 is 16.5. The Morgan fingerprint density at radius 2 is 1.74 bits per heavy atom. The molecule has 2 aromatic carbocycles. The molecule has 31 heavy (non-hydrogen) atoms. The predicted molar refractivity (Wildman–Crippen MR) is 123 cm³/mol. The third-order valence-electron chi connectivity index (χ3n) is 5.35. The molecule has 0 bridgehead atoms. The first-order valence-corrected chi connectivity index (χ1v) is 10.7. The quantitative estimate of drug-likeness (QED) is 0.499. The number of nitrogens with two attached hydrogens (primary N) is 1. The molecule has 2 aromatic rings. The number of nitrogens with one attached hydrogen (secondary N) is 1. The lowest BCUT2D eigenvalue weighted by Gasteiger charge is -2.35. The van der Waals surface area contributed by atoms with Crippen LogP contribution in [0.2, 0.25) is 0 Å². The fraction of sp³-hybridized carbons (Fsp3) is 0.458. The van der Waals surface area contributed by atoms with Gasteiger partial charge in [0, 0.05) is 26.2 Å². The number of rotatable bonds is 8. The van der Waals surface area contributed by atoms with Gasteiger partial charge in [0.2, 0.25) is 0 Å². The first-order valence-electron chi connectivity index (χ1n) is 10.7. The van der Waals surface area contributed by atoms with Gasteiger partial charge in [-0.2, -0.15) is 0 Å². The van der Waals surface area contributed by atoms with Crippen molar-refractivity contribution < 1.29 is 14.2 Å². The van der Waals surface area contributed by atoms with Gasteiger partial charge < -0.3 is 25.3 Å². The van der Waals surface area contributed by atoms with E-state index in [1.54, 1.807) is 14.2 Å². The van der Waals surface area contributed by atoms with Gasteiger partial charge >= 0.3 is 0 Å². The number of hydrogen-bond acceptors (Lipinski definition) is 5. The number of ether oxygens (including phenoxy) is 3. The Morgan fingerprint density at radius 3 is 2.42 bits per heavy atom. The maximum absolute atomic E-state index is 6.12. The molecule has 3 N–H and O–H groups in total. The highest BCUT2D eigenvalue weighted by atomic mass is 16.5. The van der Waals surface area contributed by atoms with Crippen molar-refractivity contribution in [3.8, 4) is 11.5 Å². The molecular formula is C24H34N4O3. The Bertz CT molecular complexity index is 877. The fourth-order valence-corrected chi connectivity index (χ4v) is 3.94. The number of morpholine rings is 1. The van der Waals surface area contributed by atoms with Crippen LogP contribution in [0.5, 0.6) is 11.5 Å². The van der Waals surface area contributed by atoms with Gasteiger partial charge in [-0.25, -0.2) is 4.99 Å². The van der Waals surface area contributed by atoms with Crippen molar-refractivity contribution >= 4 is 5.96 Å². The van der Waals surface area contributed by atoms with E-state index in [4.69, 9.17) is 19.9 Å². The van der Waals surface area contributed by atoms with E-state index in [0.717, 1.165) is 25.2 Å². The van der Waals surface area contributed by atoms with Gasteiger partial charge in [-0.15, -0.1) is 0 Å². The van der Waals surface area contributed by atoms with Gasteiger partial charge in [0.15, 0.2) is 17.5 Å². The van der Waals surface area contributed by atoms with Crippen molar-refractivity contribution in [3.63, 3.8) is 0 Å². The summed E-state index contributed by atoms with van der Waals surface area (Å²) in [5, 5.41) is 3.24. The maximum atomic E-state index is 6.12. The molecule has 0 spiro atoms. The summed E-state index contributed by atoms with van der Waals surface area (Å²) in [4.78, 5) is 6.92. The molecule has 7 nitrogen and oxygen atoms in total. The highest BCUT2D eigenvalue weighted by Gasteiger charge is 2.22. The van der Waals surface area contributed by atoms with Crippen LogP contribution in [0.25, 0.3) is 0 Å². The lowest BCUT2D eigenvalue weighted by molar-refractivity contribution is -0.0705. The van der Waals surface area contributed by atoms with Crippen LogP contribution < -0.4 is 20.5 Å². The summed E-state index contributed by atoms with van der Waals surface area (Å²) in [6, 6.07) is 14.2. The number of guanidine groups is 1. The van der Waals surface area contributed by atoms with Gasteiger partial charge in [-0.1, -0.05) is 30.3 Å². The molecule has 3 rings (SSSR count). The molecule has 0 amide bonds. The molecule has 1 fully saturated rings. The maximum Gasteiger partial charge on any atom is 0.189 e. The summed E-state index contributed by atoms with van der Waals surface area (Å²) in [5.41, 5.74) is 9.64. The van der Waals surface area contributed by atoms with Crippen LogP contribution in [-0.4, -0.2) is 50.4 Å². The zero-order valence-corrected chi connectivity index (χ0v) is 18.9. The van der Waals surface area contributed by atoms with Crippen LogP contribution in [0.4, 0.5) is 0 Å². The van der Waals surface area contributed by atoms with Gasteiger partial charge in [0.25, 0.3) is 0 Å². The van der Waals surface area contributed by atoms with Crippen LogP contribution in [-0.2, 0) is 24.4 Å². The lowest BCUT2D eigenvalue weighted by Crippen LogP contribution is -2.45. The van der Waals surface area contributed by atoms with Crippen molar-refractivity contribution in [1.82, 2.24) is 10.2 Å². The van der Waals surface area contributed by atoms with E-state index in [2.05, 4.69) is 53.3 Å². The van der Waals surface area contributed by atoms with Crippen molar-refractivity contribution in [2.75, 3.05) is 27.3 Å². The monoisotopic (exact) mass is 426 g/mol. The summed E-state index contributed by atoms with van der Waals surface area (Å²) in [5.74, 6) is 1.79. The predicted octanol–water partition coefficient (Wildman–Crippen LogP) is 2.92. The van der Waals surface area contributed by atoms with Crippen molar-refractivity contribution in [3.05, 3.63) is 59.2 Å². The van der Waals surface area contributed by atoms with Crippen LogP contribution >= 0.6 is 0 Å². The summed E-state index contributed by atoms with van der Waals surface area (Å²) in [7, 11) is 3.24. The molecule has 0 aliphatic carbocycles. The minimum atomic E-state index is 0.258. The second-order valence-electron chi connectivity index (χ2n) is 7.96. The standard InChI is InChI=1S/C24H34N4O3/c1-17-14-28(15-18(2)31-17)16-21-8-6-5-7-20(21)13-27-24(25)26-12-19-9-10-22(29-3)23(11-19)30-4/h5-11,17-18H,12-16H2,1-4H3,(H3,25,26,27). The Hall–Kier alpha value is -2.77. The molecule has 1 aliphatic rings. The third-order valence-corrected chi connectivity index (χ3v) is 5.35. The summed E-state index contributed by atoms with van der Waals surface area (Å²) in [6.45, 7) is 8.15. The van der Waals surface area contributed by atoms with Crippen LogP contribution in [0.1, 0.15) is 30.5 Å². The normalized spacial score (nSPS) is 19.8. The first-order chi connectivity index (χ1) is 15.0. The topological polar surface area (TPSA) is 81.3 Å². The van der Waals surface area contributed by atoms with E-state index < -0.39 is 0 Å².